The molecule has 0 radical (unpaired) electrons. The fraction of sp³-hybridized carbons (Fsp3) is 0.364. The van der Waals surface area contributed by atoms with Crippen molar-refractivity contribution < 1.29 is 9.21 Å². The minimum atomic E-state index is 0.122. The Morgan fingerprint density at radius 3 is 2.57 bits per heavy atom. The topological polar surface area (TPSA) is 54.5 Å². The second kappa shape index (κ2) is 8.02. The molecule has 1 saturated heterocycles. The van der Waals surface area contributed by atoms with Gasteiger partial charge < -0.3 is 13.9 Å². The minimum absolute atomic E-state index is 0.122. The molecule has 28 heavy (non-hydrogen) atoms. The molecule has 0 bridgehead atoms. The number of carbonyl (C=O) groups is 1. The van der Waals surface area contributed by atoms with Crippen molar-refractivity contribution >= 4 is 5.91 Å². The molecular weight excluding hydrogens is 352 g/mol. The zero-order valence-electron chi connectivity index (χ0n) is 16.5. The summed E-state index contributed by atoms with van der Waals surface area (Å²) >= 11 is 0. The lowest BCUT2D eigenvalue weighted by Gasteiger charge is -2.34. The smallest absolute Gasteiger partial charge is 0.255 e. The zero-order valence-corrected chi connectivity index (χ0v) is 16.5. The van der Waals surface area contributed by atoms with Gasteiger partial charge >= 0.3 is 0 Å². The van der Waals surface area contributed by atoms with E-state index in [1.165, 1.54) is 0 Å². The minimum Gasteiger partial charge on any atom is -0.467 e. The number of aryl methyl sites for hydroxylation is 1. The van der Waals surface area contributed by atoms with E-state index in [2.05, 4.69) is 14.5 Å². The van der Waals surface area contributed by atoms with Gasteiger partial charge in [-0.3, -0.25) is 14.7 Å². The van der Waals surface area contributed by atoms with Gasteiger partial charge in [-0.05, 0) is 44.2 Å². The van der Waals surface area contributed by atoms with E-state index in [-0.39, 0.29) is 5.91 Å². The highest BCUT2D eigenvalue weighted by molar-refractivity contribution is 5.95. The Morgan fingerprint density at radius 2 is 1.89 bits per heavy atom. The molecule has 0 spiro atoms. The molecule has 6 nitrogen and oxygen atoms in total. The second-order valence-corrected chi connectivity index (χ2v) is 7.34. The zero-order chi connectivity index (χ0) is 19.5. The van der Waals surface area contributed by atoms with E-state index in [0.717, 1.165) is 61.1 Å². The van der Waals surface area contributed by atoms with E-state index in [0.29, 0.717) is 6.54 Å². The molecule has 6 heteroatoms. The normalized spacial score (nSPS) is 15.1. The van der Waals surface area contributed by atoms with E-state index in [9.17, 15) is 4.79 Å². The van der Waals surface area contributed by atoms with Crippen LogP contribution >= 0.6 is 0 Å². The second-order valence-electron chi connectivity index (χ2n) is 7.34. The van der Waals surface area contributed by atoms with Gasteiger partial charge in [-0.1, -0.05) is 6.07 Å². The number of rotatable bonds is 5. The van der Waals surface area contributed by atoms with Crippen LogP contribution in [0.5, 0.6) is 0 Å². The van der Waals surface area contributed by atoms with Crippen molar-refractivity contribution in [1.82, 2.24) is 19.4 Å². The van der Waals surface area contributed by atoms with Gasteiger partial charge in [0, 0.05) is 50.3 Å². The van der Waals surface area contributed by atoms with Crippen molar-refractivity contribution in [3.05, 3.63) is 77.3 Å². The van der Waals surface area contributed by atoms with Gasteiger partial charge in [0.05, 0.1) is 24.1 Å². The molecule has 0 saturated carbocycles. The van der Waals surface area contributed by atoms with Crippen LogP contribution in [0.25, 0.3) is 0 Å². The van der Waals surface area contributed by atoms with Crippen LogP contribution in [0.4, 0.5) is 0 Å². The first kappa shape index (κ1) is 18.5. The van der Waals surface area contributed by atoms with Gasteiger partial charge in [-0.15, -0.1) is 0 Å². The largest absolute Gasteiger partial charge is 0.467 e. The number of piperazine rings is 1. The molecule has 0 aliphatic carbocycles. The lowest BCUT2D eigenvalue weighted by molar-refractivity contribution is 0.0626. The van der Waals surface area contributed by atoms with Gasteiger partial charge in [0.15, 0.2) is 0 Å². The molecule has 0 unspecified atom stereocenters. The predicted molar refractivity (Wildman–Crippen MR) is 107 cm³/mol. The summed E-state index contributed by atoms with van der Waals surface area (Å²) in [6, 6.07) is 11.8. The van der Waals surface area contributed by atoms with E-state index < -0.39 is 0 Å². The highest BCUT2D eigenvalue weighted by Gasteiger charge is 2.25. The van der Waals surface area contributed by atoms with Gasteiger partial charge in [0.25, 0.3) is 5.91 Å². The highest BCUT2D eigenvalue weighted by Crippen LogP contribution is 2.20. The third-order valence-electron chi connectivity index (χ3n) is 5.47. The molecule has 1 aliphatic rings. The Balaban J connectivity index is 1.40. The van der Waals surface area contributed by atoms with E-state index in [4.69, 9.17) is 4.42 Å². The Hall–Kier alpha value is -2.86. The molecule has 1 amide bonds. The molecule has 0 atom stereocenters. The third kappa shape index (κ3) is 3.87. The molecule has 1 fully saturated rings. The Labute approximate surface area is 165 Å². The van der Waals surface area contributed by atoms with Crippen LogP contribution in [0.2, 0.25) is 0 Å². The predicted octanol–water partition coefficient (Wildman–Crippen LogP) is 3.10. The number of amides is 1. The average molecular weight is 378 g/mol. The summed E-state index contributed by atoms with van der Waals surface area (Å²) < 4.78 is 7.61. The van der Waals surface area contributed by atoms with Gasteiger partial charge in [-0.25, -0.2) is 0 Å². The Morgan fingerprint density at radius 1 is 1.07 bits per heavy atom. The molecule has 4 heterocycles. The van der Waals surface area contributed by atoms with Crippen molar-refractivity contribution in [3.63, 3.8) is 0 Å². The van der Waals surface area contributed by atoms with Crippen LogP contribution in [0.1, 0.15) is 33.2 Å². The van der Waals surface area contributed by atoms with Gasteiger partial charge in [-0.2, -0.15) is 0 Å². The van der Waals surface area contributed by atoms with Gasteiger partial charge in [0.2, 0.25) is 0 Å². The number of carbonyl (C=O) groups excluding carboxylic acids is 1. The summed E-state index contributed by atoms with van der Waals surface area (Å²) in [6.07, 6.45) is 3.51. The molecule has 1 aliphatic heterocycles. The van der Waals surface area contributed by atoms with Crippen molar-refractivity contribution in [1.29, 1.82) is 0 Å². The fourth-order valence-corrected chi connectivity index (χ4v) is 3.82. The van der Waals surface area contributed by atoms with Crippen LogP contribution in [0.3, 0.4) is 0 Å². The SMILES string of the molecule is Cc1cc(C(=O)N2CCN(Cc3ccccn3)CC2)c(C)n1Cc1ccco1. The molecule has 3 aromatic heterocycles. The molecule has 4 rings (SSSR count). The average Bonchev–Trinajstić information content (AvgIpc) is 3.33. The molecule has 0 N–H and O–H groups in total. The summed E-state index contributed by atoms with van der Waals surface area (Å²) in [5, 5.41) is 0. The first-order valence-corrected chi connectivity index (χ1v) is 9.72. The Kier molecular flexibility index (Phi) is 5.30. The van der Waals surface area contributed by atoms with Crippen molar-refractivity contribution in [2.24, 2.45) is 0 Å². The summed E-state index contributed by atoms with van der Waals surface area (Å²) in [5.41, 5.74) is 3.94. The maximum Gasteiger partial charge on any atom is 0.255 e. The van der Waals surface area contributed by atoms with Crippen LogP contribution in [0, 0.1) is 13.8 Å². The maximum atomic E-state index is 13.1. The number of hydrogen-bond donors (Lipinski definition) is 0. The molecule has 0 aromatic carbocycles. The van der Waals surface area contributed by atoms with E-state index >= 15 is 0 Å². The quantitative estimate of drug-likeness (QED) is 0.685. The fourth-order valence-electron chi connectivity index (χ4n) is 3.82. The van der Waals surface area contributed by atoms with Crippen LogP contribution < -0.4 is 0 Å². The summed E-state index contributed by atoms with van der Waals surface area (Å²) in [6.45, 7) is 8.76. The van der Waals surface area contributed by atoms with Crippen molar-refractivity contribution in [3.8, 4) is 0 Å². The standard InChI is InChI=1S/C22H26N4O2/c1-17-14-21(18(2)26(17)16-20-7-5-13-28-20)22(27)25-11-9-24(10-12-25)15-19-6-3-4-8-23-19/h3-8,13-14H,9-12,15-16H2,1-2H3. The summed E-state index contributed by atoms with van der Waals surface area (Å²) in [4.78, 5) is 21.8. The maximum absolute atomic E-state index is 13.1. The van der Waals surface area contributed by atoms with Crippen molar-refractivity contribution in [2.75, 3.05) is 26.2 Å². The van der Waals surface area contributed by atoms with Crippen LogP contribution in [-0.2, 0) is 13.1 Å². The highest BCUT2D eigenvalue weighted by atomic mass is 16.3. The Bertz CT molecular complexity index is 923. The molecular formula is C22H26N4O2. The van der Waals surface area contributed by atoms with Crippen molar-refractivity contribution in [2.45, 2.75) is 26.9 Å². The van der Waals surface area contributed by atoms with E-state index in [1.54, 1.807) is 6.26 Å². The van der Waals surface area contributed by atoms with E-state index in [1.807, 2.05) is 61.3 Å². The number of aromatic nitrogens is 2. The molecule has 3 aromatic rings. The number of furan rings is 1. The number of pyridine rings is 1. The summed E-state index contributed by atoms with van der Waals surface area (Å²) in [7, 11) is 0. The van der Waals surface area contributed by atoms with Crippen LogP contribution in [-0.4, -0.2) is 51.4 Å². The van der Waals surface area contributed by atoms with Gasteiger partial charge in [0.1, 0.15) is 5.76 Å². The lowest BCUT2D eigenvalue weighted by atomic mass is 10.2. The summed E-state index contributed by atoms with van der Waals surface area (Å²) in [5.74, 6) is 1.01. The third-order valence-corrected chi connectivity index (χ3v) is 5.47. The lowest BCUT2D eigenvalue weighted by Crippen LogP contribution is -2.48. The number of nitrogens with zero attached hydrogens (tertiary/aromatic N) is 4. The number of hydrogen-bond acceptors (Lipinski definition) is 4. The van der Waals surface area contributed by atoms with Crippen LogP contribution in [0.15, 0.2) is 53.3 Å². The first-order valence-electron chi connectivity index (χ1n) is 9.72. The first-order chi connectivity index (χ1) is 13.6. The monoisotopic (exact) mass is 378 g/mol. The molecule has 146 valence electrons.